The Balaban J connectivity index is 0.710. The topological polar surface area (TPSA) is 92.9 Å². The maximum Gasteiger partial charge on any atom is 0.240 e. The fraction of sp³-hybridized carbons (Fsp3) is 0. The van der Waals surface area contributed by atoms with Crippen LogP contribution in [-0.4, -0.2) is 28.7 Å². The SMILES string of the molecule is c1ccc2c(c1)oc1ccc(-c3ccc4c5ccccc5n(-c5ccc(-c6ccc(-c7nc(-n8c9ccccc9c9ccc(-c%10ccc%11oc%12ccccc%12c%11c%10)cc98)nc(-n8c9ccccc9c9ccc(-c%10ccc%11oc%12ccccc%12c%11c%10)cc98)n7)cc6)cc5)c4c3)cc12. The molecule has 0 saturated carbocycles. The summed E-state index contributed by atoms with van der Waals surface area (Å²) in [6.45, 7) is 0. The van der Waals surface area contributed by atoms with Crippen molar-refractivity contribution in [2.75, 3.05) is 0 Å². The lowest BCUT2D eigenvalue weighted by molar-refractivity contribution is 0.668. The first-order valence-corrected chi connectivity index (χ1v) is 32.4. The molecular formula is C87H50N6O3. The van der Waals surface area contributed by atoms with Gasteiger partial charge in [-0.2, -0.15) is 15.0 Å². The number of furan rings is 3. The van der Waals surface area contributed by atoms with Crippen LogP contribution in [0.3, 0.4) is 0 Å². The molecule has 0 spiro atoms. The van der Waals surface area contributed by atoms with Crippen LogP contribution in [0.15, 0.2) is 317 Å². The molecule has 446 valence electrons. The number of fused-ring (bicyclic) bond motifs is 18. The highest BCUT2D eigenvalue weighted by molar-refractivity contribution is 6.15. The molecule has 0 radical (unpaired) electrons. The van der Waals surface area contributed by atoms with Gasteiger partial charge < -0.3 is 17.8 Å². The first kappa shape index (κ1) is 52.5. The van der Waals surface area contributed by atoms with Crippen LogP contribution in [0.5, 0.6) is 0 Å². The van der Waals surface area contributed by atoms with E-state index >= 15 is 0 Å². The molecule has 7 heterocycles. The quantitative estimate of drug-likeness (QED) is 0.150. The van der Waals surface area contributed by atoms with Crippen molar-refractivity contribution in [3.05, 3.63) is 303 Å². The second kappa shape index (κ2) is 20.2. The van der Waals surface area contributed by atoms with Crippen molar-refractivity contribution in [2.45, 2.75) is 0 Å². The van der Waals surface area contributed by atoms with Crippen molar-refractivity contribution in [1.82, 2.24) is 28.7 Å². The molecule has 0 bridgehead atoms. The molecule has 21 rings (SSSR count). The maximum absolute atomic E-state index is 6.29. The van der Waals surface area contributed by atoms with E-state index in [9.17, 15) is 0 Å². The average molecular weight is 1230 g/mol. The number of benzene rings is 14. The lowest BCUT2D eigenvalue weighted by Crippen LogP contribution is -2.10. The molecule has 0 N–H and O–H groups in total. The zero-order valence-electron chi connectivity index (χ0n) is 51.3. The van der Waals surface area contributed by atoms with Gasteiger partial charge in [-0.25, -0.2) is 0 Å². The van der Waals surface area contributed by atoms with Gasteiger partial charge in [0.15, 0.2) is 5.82 Å². The molecule has 0 saturated heterocycles. The Labute approximate surface area is 546 Å². The van der Waals surface area contributed by atoms with Crippen molar-refractivity contribution < 1.29 is 13.3 Å². The summed E-state index contributed by atoms with van der Waals surface area (Å²) in [5, 5.41) is 13.3. The first-order chi connectivity index (χ1) is 47.5. The van der Waals surface area contributed by atoms with Crippen LogP contribution in [0.25, 0.3) is 205 Å². The van der Waals surface area contributed by atoms with Gasteiger partial charge in [0.05, 0.1) is 33.1 Å². The van der Waals surface area contributed by atoms with Crippen molar-refractivity contribution >= 4 is 131 Å². The number of hydrogen-bond donors (Lipinski definition) is 0. The van der Waals surface area contributed by atoms with E-state index in [1.54, 1.807) is 0 Å². The van der Waals surface area contributed by atoms with Gasteiger partial charge in [-0.15, -0.1) is 0 Å². The summed E-state index contributed by atoms with van der Waals surface area (Å²) in [4.78, 5) is 16.7. The molecule has 0 unspecified atom stereocenters. The van der Waals surface area contributed by atoms with E-state index in [1.807, 2.05) is 36.4 Å². The predicted molar refractivity (Wildman–Crippen MR) is 392 cm³/mol. The van der Waals surface area contributed by atoms with Gasteiger partial charge in [0.25, 0.3) is 0 Å². The summed E-state index contributed by atoms with van der Waals surface area (Å²) in [7, 11) is 0. The third-order valence-corrected chi connectivity index (χ3v) is 19.8. The van der Waals surface area contributed by atoms with E-state index in [1.165, 1.54) is 10.8 Å². The van der Waals surface area contributed by atoms with E-state index in [2.05, 4.69) is 281 Å². The third kappa shape index (κ3) is 7.95. The maximum atomic E-state index is 6.29. The molecule has 21 aromatic rings. The lowest BCUT2D eigenvalue weighted by Gasteiger charge is -2.14. The summed E-state index contributed by atoms with van der Waals surface area (Å²) in [6.07, 6.45) is 0. The number of nitrogens with zero attached hydrogens (tertiary/aromatic N) is 6. The minimum Gasteiger partial charge on any atom is -0.456 e. The van der Waals surface area contributed by atoms with Crippen molar-refractivity contribution in [1.29, 1.82) is 0 Å². The van der Waals surface area contributed by atoms with Crippen LogP contribution < -0.4 is 0 Å². The average Bonchev–Trinajstić information content (AvgIpc) is 1.66. The highest BCUT2D eigenvalue weighted by Crippen LogP contribution is 2.43. The molecule has 96 heavy (non-hydrogen) atoms. The Hall–Kier alpha value is -13.1. The molecule has 9 heteroatoms. The van der Waals surface area contributed by atoms with Gasteiger partial charge in [-0.1, -0.05) is 200 Å². The number of hydrogen-bond acceptors (Lipinski definition) is 6. The first-order valence-electron chi connectivity index (χ1n) is 32.4. The van der Waals surface area contributed by atoms with Gasteiger partial charge in [0.1, 0.15) is 33.5 Å². The van der Waals surface area contributed by atoms with E-state index < -0.39 is 0 Å². The fourth-order valence-corrected chi connectivity index (χ4v) is 15.2. The van der Waals surface area contributed by atoms with Crippen molar-refractivity contribution in [2.24, 2.45) is 0 Å². The van der Waals surface area contributed by atoms with Gasteiger partial charge in [0.2, 0.25) is 11.9 Å². The van der Waals surface area contributed by atoms with E-state index in [0.717, 1.165) is 176 Å². The molecular weight excluding hydrogens is 1180 g/mol. The van der Waals surface area contributed by atoms with Crippen LogP contribution in [0.4, 0.5) is 0 Å². The van der Waals surface area contributed by atoms with Crippen LogP contribution in [0.2, 0.25) is 0 Å². The highest BCUT2D eigenvalue weighted by atomic mass is 16.3. The van der Waals surface area contributed by atoms with Gasteiger partial charge in [0, 0.05) is 75.9 Å². The molecule has 0 fully saturated rings. The second-order valence-corrected chi connectivity index (χ2v) is 25.1. The Morgan fingerprint density at radius 3 is 0.875 bits per heavy atom. The monoisotopic (exact) mass is 1230 g/mol. The molecule has 9 nitrogen and oxygen atoms in total. The standard InChI is InChI=1S/C87H50N6O3/c1-7-19-73-61(13-1)64-39-31-57(54-34-42-82-70(45-54)67-16-4-10-22-79(67)94-82)48-76(64)91(73)60-37-29-52(30-38-60)51-25-27-53(28-26-51)85-88-86(92-74-20-8-2-14-62(74)65-40-32-58(49-77(65)92)55-35-43-83-71(46-55)68-17-5-11-23-80(68)95-83)90-87(89-85)93-75-21-9-3-15-63(75)66-41-33-59(50-78(66)93)56-36-44-84-72(47-56)69-18-6-12-24-81(69)96-84/h1-50H. The highest BCUT2D eigenvalue weighted by Gasteiger charge is 2.24. The summed E-state index contributed by atoms with van der Waals surface area (Å²) in [5.41, 5.74) is 22.1. The number of aromatic nitrogens is 6. The van der Waals surface area contributed by atoms with Crippen molar-refractivity contribution in [3.63, 3.8) is 0 Å². The Bertz CT molecular complexity index is 6590. The van der Waals surface area contributed by atoms with Crippen LogP contribution in [-0.2, 0) is 0 Å². The smallest absolute Gasteiger partial charge is 0.240 e. The molecule has 0 aliphatic rings. The van der Waals surface area contributed by atoms with Crippen molar-refractivity contribution in [3.8, 4) is 73.5 Å². The summed E-state index contributed by atoms with van der Waals surface area (Å²) < 4.78 is 25.6. The minimum absolute atomic E-state index is 0.499. The lowest BCUT2D eigenvalue weighted by atomic mass is 10.0. The number of para-hydroxylation sites is 6. The Morgan fingerprint density at radius 1 is 0.188 bits per heavy atom. The third-order valence-electron chi connectivity index (χ3n) is 19.8. The minimum atomic E-state index is 0.499. The van der Waals surface area contributed by atoms with Gasteiger partial charge in [-0.05, 0) is 148 Å². The normalized spacial score (nSPS) is 12.2. The zero-order chi connectivity index (χ0) is 62.7. The van der Waals surface area contributed by atoms with Gasteiger partial charge in [-0.3, -0.25) is 9.13 Å². The summed E-state index contributed by atoms with van der Waals surface area (Å²) in [6, 6.07) is 108. The van der Waals surface area contributed by atoms with Crippen LogP contribution in [0, 0.1) is 0 Å². The predicted octanol–water partition coefficient (Wildman–Crippen LogP) is 23.2. The molecule has 14 aromatic carbocycles. The van der Waals surface area contributed by atoms with E-state index in [0.29, 0.717) is 17.7 Å². The Kier molecular flexibility index (Phi) is 11.0. The molecule has 0 aliphatic carbocycles. The van der Waals surface area contributed by atoms with Crippen LogP contribution in [0.1, 0.15) is 0 Å². The molecule has 0 amide bonds. The molecule has 0 atom stereocenters. The number of rotatable bonds is 8. The largest absolute Gasteiger partial charge is 0.456 e. The van der Waals surface area contributed by atoms with Gasteiger partial charge >= 0.3 is 0 Å². The second-order valence-electron chi connectivity index (χ2n) is 25.1. The summed E-state index contributed by atoms with van der Waals surface area (Å²) in [5.74, 6) is 1.54. The molecule has 7 aromatic heterocycles. The Morgan fingerprint density at radius 2 is 0.469 bits per heavy atom. The zero-order valence-corrected chi connectivity index (χ0v) is 51.3. The van der Waals surface area contributed by atoms with E-state index in [4.69, 9.17) is 28.2 Å². The summed E-state index contributed by atoms with van der Waals surface area (Å²) >= 11 is 0. The van der Waals surface area contributed by atoms with Crippen LogP contribution >= 0.6 is 0 Å². The molecule has 0 aliphatic heterocycles. The fourth-order valence-electron chi connectivity index (χ4n) is 15.2. The van der Waals surface area contributed by atoms with E-state index in [-0.39, 0.29) is 0 Å².